The van der Waals surface area contributed by atoms with Gasteiger partial charge in [0.25, 0.3) is 0 Å². The first-order chi connectivity index (χ1) is 8.69. The molecule has 1 heterocycles. The predicted octanol–water partition coefficient (Wildman–Crippen LogP) is 4.78. The maximum atomic E-state index is 12.8. The van der Waals surface area contributed by atoms with E-state index in [0.717, 1.165) is 6.26 Å². The van der Waals surface area contributed by atoms with E-state index in [1.165, 1.54) is 12.1 Å². The van der Waals surface area contributed by atoms with Gasteiger partial charge in [0.05, 0.1) is 17.4 Å². The van der Waals surface area contributed by atoms with Gasteiger partial charge in [-0.25, -0.2) is 0 Å². The van der Waals surface area contributed by atoms with Crippen molar-refractivity contribution in [3.05, 3.63) is 47.7 Å². The predicted molar refractivity (Wildman–Crippen MR) is 53.0 cm³/mol. The Morgan fingerprint density at radius 1 is 1.00 bits per heavy atom. The van der Waals surface area contributed by atoms with Crippen LogP contribution < -0.4 is 0 Å². The molecule has 1 aromatic carbocycles. The molecule has 0 amide bonds. The van der Waals surface area contributed by atoms with Gasteiger partial charge < -0.3 is 4.42 Å². The Hall–Kier alpha value is -1.92. The van der Waals surface area contributed by atoms with E-state index >= 15 is 0 Å². The third kappa shape index (κ3) is 2.74. The highest BCUT2D eigenvalue weighted by Gasteiger charge is 2.38. The standard InChI is InChI=1S/C12H5F6O/c13-11(14,15)7-3-4-8(10-2-1-5-19-10)9(6-7)12(16,17)18/h1-3,5-6H. The lowest BCUT2D eigenvalue weighted by Gasteiger charge is -2.14. The van der Waals surface area contributed by atoms with E-state index in [9.17, 15) is 26.3 Å². The van der Waals surface area contributed by atoms with Crippen molar-refractivity contribution in [3.8, 4) is 11.3 Å². The van der Waals surface area contributed by atoms with Crippen molar-refractivity contribution < 1.29 is 30.8 Å². The molecule has 0 aliphatic rings. The quantitative estimate of drug-likeness (QED) is 0.684. The van der Waals surface area contributed by atoms with Crippen LogP contribution in [0.5, 0.6) is 0 Å². The van der Waals surface area contributed by atoms with Gasteiger partial charge in [0.2, 0.25) is 0 Å². The van der Waals surface area contributed by atoms with Gasteiger partial charge in [-0.15, -0.1) is 0 Å². The summed E-state index contributed by atoms with van der Waals surface area (Å²) in [5.74, 6) is -0.193. The minimum atomic E-state index is -4.93. The summed E-state index contributed by atoms with van der Waals surface area (Å²) in [5, 5.41) is 0. The van der Waals surface area contributed by atoms with Crippen LogP contribution in [-0.2, 0) is 12.4 Å². The summed E-state index contributed by atoms with van der Waals surface area (Å²) in [6.07, 6.45) is -8.67. The minimum Gasteiger partial charge on any atom is -0.464 e. The first kappa shape index (κ1) is 13.5. The highest BCUT2D eigenvalue weighted by molar-refractivity contribution is 5.63. The van der Waals surface area contributed by atoms with Crippen molar-refractivity contribution in [2.24, 2.45) is 0 Å². The molecule has 0 N–H and O–H groups in total. The number of rotatable bonds is 1. The average Bonchev–Trinajstić information content (AvgIpc) is 2.79. The van der Waals surface area contributed by atoms with Crippen LogP contribution >= 0.6 is 0 Å². The Labute approximate surface area is 103 Å². The summed E-state index contributed by atoms with van der Waals surface area (Å²) < 4.78 is 80.4. The topological polar surface area (TPSA) is 13.1 Å². The highest BCUT2D eigenvalue weighted by Crippen LogP contribution is 2.40. The van der Waals surface area contributed by atoms with Gasteiger partial charge in [0.1, 0.15) is 5.76 Å². The smallest absolute Gasteiger partial charge is 0.417 e. The number of benzene rings is 1. The van der Waals surface area contributed by atoms with Gasteiger partial charge >= 0.3 is 12.4 Å². The summed E-state index contributed by atoms with van der Waals surface area (Å²) in [7, 11) is 0. The van der Waals surface area contributed by atoms with E-state index in [1.54, 1.807) is 0 Å². The molecule has 19 heavy (non-hydrogen) atoms. The number of hydrogen-bond acceptors (Lipinski definition) is 1. The maximum absolute atomic E-state index is 12.8. The van der Waals surface area contributed by atoms with Gasteiger partial charge in [0.15, 0.2) is 0 Å². The van der Waals surface area contributed by atoms with Crippen molar-refractivity contribution in [3.63, 3.8) is 0 Å². The van der Waals surface area contributed by atoms with E-state index in [2.05, 4.69) is 0 Å². The SMILES string of the molecule is FC(F)(F)c1c[c]c(-c2ccco2)c(C(F)(F)F)c1. The van der Waals surface area contributed by atoms with E-state index in [4.69, 9.17) is 4.42 Å². The molecule has 0 unspecified atom stereocenters. The fourth-order valence-corrected chi connectivity index (χ4v) is 1.51. The first-order valence-electron chi connectivity index (χ1n) is 4.93. The van der Waals surface area contributed by atoms with Gasteiger partial charge in [0, 0.05) is 5.56 Å². The molecule has 7 heteroatoms. The Bertz CT molecular complexity index is 565. The van der Waals surface area contributed by atoms with Gasteiger partial charge in [-0.3, -0.25) is 0 Å². The fourth-order valence-electron chi connectivity index (χ4n) is 1.51. The van der Waals surface area contributed by atoms with E-state index in [1.807, 2.05) is 6.07 Å². The van der Waals surface area contributed by atoms with Crippen LogP contribution in [0.25, 0.3) is 11.3 Å². The lowest BCUT2D eigenvalue weighted by Crippen LogP contribution is -2.12. The molecule has 101 valence electrons. The second-order valence-corrected chi connectivity index (χ2v) is 3.65. The third-order valence-corrected chi connectivity index (χ3v) is 2.34. The van der Waals surface area contributed by atoms with Crippen molar-refractivity contribution >= 4 is 0 Å². The normalized spacial score (nSPS) is 12.7. The van der Waals surface area contributed by atoms with Crippen molar-refractivity contribution in [2.45, 2.75) is 12.4 Å². The molecule has 1 nitrogen and oxygen atoms in total. The monoisotopic (exact) mass is 279 g/mol. The van der Waals surface area contributed by atoms with Crippen molar-refractivity contribution in [1.29, 1.82) is 0 Å². The molecule has 1 radical (unpaired) electrons. The largest absolute Gasteiger partial charge is 0.464 e. The van der Waals surface area contributed by atoms with Crippen LogP contribution in [-0.4, -0.2) is 0 Å². The van der Waals surface area contributed by atoms with Crippen LogP contribution in [0.1, 0.15) is 11.1 Å². The van der Waals surface area contributed by atoms with Gasteiger partial charge in [-0.1, -0.05) is 0 Å². The van der Waals surface area contributed by atoms with Crippen LogP contribution in [0, 0.1) is 6.07 Å². The molecule has 0 fully saturated rings. The average molecular weight is 279 g/mol. The van der Waals surface area contributed by atoms with E-state index in [0.29, 0.717) is 6.07 Å². The van der Waals surface area contributed by atoms with Crippen LogP contribution in [0.15, 0.2) is 34.9 Å². The fraction of sp³-hybridized carbons (Fsp3) is 0.167. The maximum Gasteiger partial charge on any atom is 0.417 e. The molecule has 1 aromatic heterocycles. The first-order valence-corrected chi connectivity index (χ1v) is 4.93. The number of hydrogen-bond donors (Lipinski definition) is 0. The molecule has 0 saturated carbocycles. The molecule has 0 aliphatic heterocycles. The second-order valence-electron chi connectivity index (χ2n) is 3.65. The van der Waals surface area contributed by atoms with Crippen molar-refractivity contribution in [2.75, 3.05) is 0 Å². The Kier molecular flexibility index (Phi) is 3.07. The summed E-state index contributed by atoms with van der Waals surface area (Å²) >= 11 is 0. The molecule has 2 aromatic rings. The van der Waals surface area contributed by atoms with E-state index in [-0.39, 0.29) is 11.8 Å². The van der Waals surface area contributed by atoms with Gasteiger partial charge in [-0.2, -0.15) is 26.3 Å². The molecular formula is C12H5F6O. The summed E-state index contributed by atoms with van der Waals surface area (Å²) in [6, 6.07) is 5.05. The minimum absolute atomic E-state index is 0.0500. The molecular weight excluding hydrogens is 274 g/mol. The number of halogens is 6. The van der Waals surface area contributed by atoms with Gasteiger partial charge in [-0.05, 0) is 30.3 Å². The lowest BCUT2D eigenvalue weighted by molar-refractivity contribution is -0.142. The van der Waals surface area contributed by atoms with Crippen LogP contribution in [0.3, 0.4) is 0 Å². The number of alkyl halides is 6. The lowest BCUT2D eigenvalue weighted by atomic mass is 10.0. The Morgan fingerprint density at radius 2 is 1.68 bits per heavy atom. The third-order valence-electron chi connectivity index (χ3n) is 2.34. The Balaban J connectivity index is 2.63. The number of furan rings is 1. The zero-order valence-corrected chi connectivity index (χ0v) is 9.06. The molecule has 0 saturated heterocycles. The Morgan fingerprint density at radius 3 is 2.16 bits per heavy atom. The molecule has 0 aliphatic carbocycles. The van der Waals surface area contributed by atoms with E-state index < -0.39 is 29.0 Å². The molecule has 0 bridgehead atoms. The molecule has 0 atom stereocenters. The highest BCUT2D eigenvalue weighted by atomic mass is 19.4. The summed E-state index contributed by atoms with van der Waals surface area (Å²) in [5.41, 5.74) is -3.39. The zero-order valence-electron chi connectivity index (χ0n) is 9.06. The van der Waals surface area contributed by atoms with Crippen LogP contribution in [0.4, 0.5) is 26.3 Å². The molecule has 2 rings (SSSR count). The second kappa shape index (κ2) is 4.32. The molecule has 0 spiro atoms. The summed E-state index contributed by atoms with van der Waals surface area (Å²) in [4.78, 5) is 0. The zero-order chi connectivity index (χ0) is 14.3. The van der Waals surface area contributed by atoms with Crippen molar-refractivity contribution in [1.82, 2.24) is 0 Å². The van der Waals surface area contributed by atoms with Crippen LogP contribution in [0.2, 0.25) is 0 Å². The summed E-state index contributed by atoms with van der Waals surface area (Å²) in [6.45, 7) is 0.